The van der Waals surface area contributed by atoms with Crippen LogP contribution in [0.2, 0.25) is 0 Å². The topological polar surface area (TPSA) is 148 Å². The van der Waals surface area contributed by atoms with Crippen molar-refractivity contribution in [1.82, 2.24) is 29.6 Å². The van der Waals surface area contributed by atoms with Crippen LogP contribution in [-0.4, -0.2) is 74.1 Å². The van der Waals surface area contributed by atoms with E-state index in [1.54, 1.807) is 17.1 Å². The highest BCUT2D eigenvalue weighted by Gasteiger charge is 2.53. The van der Waals surface area contributed by atoms with Crippen LogP contribution in [0.5, 0.6) is 6.01 Å². The van der Waals surface area contributed by atoms with Crippen LogP contribution < -0.4 is 21.1 Å². The van der Waals surface area contributed by atoms with Gasteiger partial charge in [0.1, 0.15) is 35.5 Å². The lowest BCUT2D eigenvalue weighted by atomic mass is 9.88. The number of pyridine rings is 1. The van der Waals surface area contributed by atoms with E-state index in [1.165, 1.54) is 16.2 Å². The Morgan fingerprint density at radius 3 is 2.98 bits per heavy atom. The Bertz CT molecular complexity index is 1760. The summed E-state index contributed by atoms with van der Waals surface area (Å²) in [5, 5.41) is 15.9. The van der Waals surface area contributed by atoms with E-state index in [9.17, 15) is 9.65 Å². The number of fused-ring (bicyclic) bond motifs is 4. The molecule has 42 heavy (non-hydrogen) atoms. The predicted molar refractivity (Wildman–Crippen MR) is 160 cm³/mol. The van der Waals surface area contributed by atoms with Crippen molar-refractivity contribution >= 4 is 50.8 Å². The van der Waals surface area contributed by atoms with Gasteiger partial charge in [0.05, 0.1) is 34.0 Å². The van der Waals surface area contributed by atoms with Gasteiger partial charge < -0.3 is 21.1 Å². The average Bonchev–Trinajstić information content (AvgIpc) is 3.74. The van der Waals surface area contributed by atoms with Gasteiger partial charge in [-0.3, -0.25) is 4.90 Å². The van der Waals surface area contributed by atoms with Crippen molar-refractivity contribution in [2.24, 2.45) is 0 Å². The molecule has 11 nitrogen and oxygen atoms in total. The first-order valence-corrected chi connectivity index (χ1v) is 15.8. The largest absolute Gasteiger partial charge is 0.461 e. The molecule has 14 heteroatoms. The first kappa shape index (κ1) is 26.0. The third kappa shape index (κ3) is 3.86. The highest BCUT2D eigenvalue weighted by atomic mass is 32.2. The van der Waals surface area contributed by atoms with Gasteiger partial charge >= 0.3 is 6.01 Å². The number of alkyl halides is 1. The molecular weight excluding hydrogens is 576 g/mol. The van der Waals surface area contributed by atoms with Crippen LogP contribution in [0.4, 0.5) is 21.0 Å². The van der Waals surface area contributed by atoms with Crippen molar-refractivity contribution < 1.29 is 9.13 Å². The molecule has 0 aromatic carbocycles. The Morgan fingerprint density at radius 1 is 1.26 bits per heavy atom. The van der Waals surface area contributed by atoms with Gasteiger partial charge in [0.15, 0.2) is 5.65 Å². The molecule has 4 N–H and O–H groups in total. The number of aromatic nitrogens is 5. The minimum atomic E-state index is -0.838. The zero-order valence-corrected chi connectivity index (χ0v) is 24.4. The molecule has 0 saturated carbocycles. The van der Waals surface area contributed by atoms with Crippen LogP contribution in [0.3, 0.4) is 0 Å². The molecule has 8 heterocycles. The van der Waals surface area contributed by atoms with E-state index in [1.807, 2.05) is 23.9 Å². The maximum atomic E-state index is 14.4. The lowest BCUT2D eigenvalue weighted by Crippen LogP contribution is -2.57. The van der Waals surface area contributed by atoms with E-state index in [0.717, 1.165) is 47.5 Å². The molecule has 0 radical (unpaired) electrons. The predicted octanol–water partition coefficient (Wildman–Crippen LogP) is 3.28. The standard InChI is InChI=1S/C28H29FN10OS2/c29-17-7-27(4-2-6-38(27)11-17)15-40-26-35-24(19-9-34-39(25(19)36-26)10-16-3-1-5-33-22(16)31)37-13-28(14-37)21-18(8-30)23(32)42-20(21)12-41-28/h1,3,5,9,17H,2,4,6-7,10-15,32H2,(H2,31,33)/t17-,27+/m1/s1. The fourth-order valence-electron chi connectivity index (χ4n) is 7.17. The molecule has 4 aliphatic rings. The van der Waals surface area contributed by atoms with Gasteiger partial charge in [0.2, 0.25) is 0 Å². The first-order valence-electron chi connectivity index (χ1n) is 14.0. The van der Waals surface area contributed by atoms with Gasteiger partial charge in [-0.1, -0.05) is 6.07 Å². The number of anilines is 3. The van der Waals surface area contributed by atoms with Crippen LogP contribution >= 0.6 is 23.1 Å². The summed E-state index contributed by atoms with van der Waals surface area (Å²) in [6, 6.07) is 6.35. The summed E-state index contributed by atoms with van der Waals surface area (Å²) in [7, 11) is 0. The maximum Gasteiger partial charge on any atom is 0.320 e. The Labute approximate surface area is 249 Å². The number of hydrogen-bond acceptors (Lipinski definition) is 12. The molecular formula is C28H29FN10OS2. The van der Waals surface area contributed by atoms with Gasteiger partial charge in [-0.15, -0.1) is 23.1 Å². The van der Waals surface area contributed by atoms with Crippen LogP contribution in [0.1, 0.15) is 40.8 Å². The quantitative estimate of drug-likeness (QED) is 0.334. The number of rotatable bonds is 6. The molecule has 216 valence electrons. The molecule has 0 aliphatic carbocycles. The molecule has 8 rings (SSSR count). The molecule has 2 atom stereocenters. The summed E-state index contributed by atoms with van der Waals surface area (Å²) in [5.41, 5.74) is 15.2. The number of nitrogens with two attached hydrogens (primary N) is 2. The lowest BCUT2D eigenvalue weighted by molar-refractivity contribution is 0.107. The minimum Gasteiger partial charge on any atom is -0.461 e. The smallest absolute Gasteiger partial charge is 0.320 e. The van der Waals surface area contributed by atoms with Crippen molar-refractivity contribution in [2.75, 3.05) is 49.2 Å². The van der Waals surface area contributed by atoms with E-state index in [4.69, 9.17) is 26.2 Å². The van der Waals surface area contributed by atoms with Gasteiger partial charge in [-0.25, -0.2) is 14.1 Å². The van der Waals surface area contributed by atoms with Crippen LogP contribution in [0, 0.1) is 11.3 Å². The van der Waals surface area contributed by atoms with E-state index in [0.29, 0.717) is 61.2 Å². The van der Waals surface area contributed by atoms with Crippen LogP contribution in [0.15, 0.2) is 24.5 Å². The zero-order valence-electron chi connectivity index (χ0n) is 22.8. The average molecular weight is 605 g/mol. The van der Waals surface area contributed by atoms with Crippen molar-refractivity contribution in [2.45, 2.75) is 48.0 Å². The Hall–Kier alpha value is -3.67. The monoisotopic (exact) mass is 604 g/mol. The highest BCUT2D eigenvalue weighted by Crippen LogP contribution is 2.58. The number of hydrogen-bond donors (Lipinski definition) is 2. The number of halogens is 1. The minimum absolute atomic E-state index is 0.198. The summed E-state index contributed by atoms with van der Waals surface area (Å²) in [6.07, 6.45) is 5.01. The highest BCUT2D eigenvalue weighted by molar-refractivity contribution is 8.00. The molecule has 1 spiro atoms. The van der Waals surface area contributed by atoms with E-state index < -0.39 is 6.17 Å². The lowest BCUT2D eigenvalue weighted by Gasteiger charge is -2.48. The third-order valence-corrected chi connectivity index (χ3v) is 11.8. The fraction of sp³-hybridized carbons (Fsp3) is 0.464. The second-order valence-corrected chi connectivity index (χ2v) is 14.2. The third-order valence-electron chi connectivity index (χ3n) is 9.18. The van der Waals surface area contributed by atoms with Crippen LogP contribution in [-0.2, 0) is 17.0 Å². The van der Waals surface area contributed by atoms with Gasteiger partial charge in [-0.05, 0) is 25.5 Å². The molecule has 3 fully saturated rings. The molecule has 3 saturated heterocycles. The summed E-state index contributed by atoms with van der Waals surface area (Å²) in [6.45, 7) is 3.45. The summed E-state index contributed by atoms with van der Waals surface area (Å²) < 4.78 is 22.3. The number of ether oxygens (including phenoxy) is 1. The molecule has 0 bridgehead atoms. The van der Waals surface area contributed by atoms with Crippen LogP contribution in [0.25, 0.3) is 11.0 Å². The SMILES string of the molecule is N#Cc1c(N)sc2c1C1(CN(c3nc(OC[C@@]45CCCN4C[C@H](F)C5)nc4c3cnn4Cc3cccnc3N)C1)SC2. The number of nitrogen functional groups attached to an aromatic ring is 2. The van der Waals surface area contributed by atoms with Gasteiger partial charge in [0, 0.05) is 54.0 Å². The Kier molecular flexibility index (Phi) is 5.83. The number of nitriles is 1. The van der Waals surface area contributed by atoms with E-state index in [2.05, 4.69) is 26.0 Å². The summed E-state index contributed by atoms with van der Waals surface area (Å²) in [4.78, 5) is 19.5. The number of thioether (sulfide) groups is 1. The van der Waals surface area contributed by atoms with Crippen molar-refractivity contribution in [3.05, 3.63) is 46.1 Å². The van der Waals surface area contributed by atoms with Gasteiger partial charge in [0.25, 0.3) is 0 Å². The summed E-state index contributed by atoms with van der Waals surface area (Å²) in [5.74, 6) is 2.03. The molecule has 4 aliphatic heterocycles. The fourth-order valence-corrected chi connectivity index (χ4v) is 9.98. The Morgan fingerprint density at radius 2 is 2.14 bits per heavy atom. The Balaban J connectivity index is 1.14. The summed E-state index contributed by atoms with van der Waals surface area (Å²) >= 11 is 3.39. The number of thiophene rings is 1. The maximum absolute atomic E-state index is 14.4. The van der Waals surface area contributed by atoms with Crippen molar-refractivity contribution in [3.63, 3.8) is 0 Å². The molecule has 4 aromatic heterocycles. The molecule has 4 aromatic rings. The molecule has 0 amide bonds. The van der Waals surface area contributed by atoms with E-state index in [-0.39, 0.29) is 16.3 Å². The second kappa shape index (κ2) is 9.42. The number of nitrogens with zero attached hydrogens (tertiary/aromatic N) is 8. The normalized spacial score (nSPS) is 24.2. The van der Waals surface area contributed by atoms with Gasteiger partial charge in [-0.2, -0.15) is 20.3 Å². The van der Waals surface area contributed by atoms with Crippen molar-refractivity contribution in [3.8, 4) is 12.1 Å². The second-order valence-electron chi connectivity index (χ2n) is 11.7. The van der Waals surface area contributed by atoms with Crippen molar-refractivity contribution in [1.29, 1.82) is 5.26 Å². The molecule has 0 unspecified atom stereocenters. The zero-order chi connectivity index (χ0) is 28.6. The van der Waals surface area contributed by atoms with E-state index >= 15 is 0 Å². The first-order chi connectivity index (χ1) is 20.4.